The van der Waals surface area contributed by atoms with Crippen molar-refractivity contribution >= 4 is 7.28 Å². The predicted molar refractivity (Wildman–Crippen MR) is 36.2 cm³/mol. The van der Waals surface area contributed by atoms with Gasteiger partial charge in [-0.2, -0.15) is 0 Å². The fourth-order valence-electron chi connectivity index (χ4n) is 0.305. The van der Waals surface area contributed by atoms with Gasteiger partial charge in [-0.15, -0.1) is 0 Å². The van der Waals surface area contributed by atoms with E-state index in [9.17, 15) is 0 Å². The van der Waals surface area contributed by atoms with Crippen LogP contribution in [0.25, 0.3) is 0 Å². The summed E-state index contributed by atoms with van der Waals surface area (Å²) in [6.45, 7) is 2.22. The van der Waals surface area contributed by atoms with Gasteiger partial charge in [0.1, 0.15) is 0 Å². The molecule has 0 saturated heterocycles. The van der Waals surface area contributed by atoms with E-state index in [0.717, 1.165) is 0 Å². The second kappa shape index (κ2) is 2.48. The first-order chi connectivity index (χ1) is 3.81. The molecule has 0 unspecified atom stereocenters. The molecule has 0 amide bonds. The first-order valence-corrected chi connectivity index (χ1v) is 5.54. The van der Waals surface area contributed by atoms with Gasteiger partial charge in [-0.3, -0.25) is 0 Å². The number of hydrogen-bond acceptors (Lipinski definition) is 4. The van der Waals surface area contributed by atoms with E-state index in [-0.39, 0.29) is 13.2 Å². The van der Waals surface area contributed by atoms with Gasteiger partial charge in [-0.25, -0.2) is 0 Å². The molecular formula is C4H13O4P. The van der Waals surface area contributed by atoms with E-state index in [2.05, 4.69) is 4.52 Å². The Morgan fingerprint density at radius 1 is 1.33 bits per heavy atom. The van der Waals surface area contributed by atoms with Gasteiger partial charge >= 0.3 is 53.2 Å². The molecule has 0 rings (SSSR count). The van der Waals surface area contributed by atoms with Crippen molar-refractivity contribution < 1.29 is 19.4 Å². The van der Waals surface area contributed by atoms with Crippen LogP contribution in [0.2, 0.25) is 0 Å². The van der Waals surface area contributed by atoms with Crippen LogP contribution in [0.5, 0.6) is 0 Å². The zero-order valence-corrected chi connectivity index (χ0v) is 6.51. The van der Waals surface area contributed by atoms with Crippen LogP contribution >= 0.6 is 7.28 Å². The fourth-order valence-corrected chi connectivity index (χ4v) is 0.915. The summed E-state index contributed by atoms with van der Waals surface area (Å²) in [5.41, 5.74) is 0. The molecule has 3 N–H and O–H groups in total. The molecule has 0 aliphatic rings. The van der Waals surface area contributed by atoms with Crippen LogP contribution in [0.4, 0.5) is 0 Å². The molecule has 4 nitrogen and oxygen atoms in total. The molecule has 0 heterocycles. The molecule has 0 fully saturated rings. The summed E-state index contributed by atoms with van der Waals surface area (Å²) in [6.07, 6.45) is 0. The standard InChI is InChI=1S/C4H13O4P/c1-9(2,6,7)8-4-3-5/h5-7H,3-4H2,1-2H3. The number of rotatable bonds is 3. The molecule has 0 bridgehead atoms. The van der Waals surface area contributed by atoms with Gasteiger partial charge in [0, 0.05) is 0 Å². The van der Waals surface area contributed by atoms with Crippen molar-refractivity contribution in [2.45, 2.75) is 0 Å². The molecule has 0 saturated carbocycles. The van der Waals surface area contributed by atoms with E-state index in [0.29, 0.717) is 0 Å². The van der Waals surface area contributed by atoms with Crippen molar-refractivity contribution in [1.82, 2.24) is 0 Å². The molecule has 0 aromatic heterocycles. The number of aliphatic hydroxyl groups is 1. The maximum atomic E-state index is 8.97. The summed E-state index contributed by atoms with van der Waals surface area (Å²) in [6, 6.07) is 0. The van der Waals surface area contributed by atoms with Crippen molar-refractivity contribution in [3.05, 3.63) is 0 Å². The normalized spacial score (nSPS) is 16.8. The van der Waals surface area contributed by atoms with Crippen LogP contribution in [0.3, 0.4) is 0 Å². The summed E-state index contributed by atoms with van der Waals surface area (Å²) in [5.74, 6) is 0. The van der Waals surface area contributed by atoms with Gasteiger partial charge in [0.25, 0.3) is 0 Å². The van der Waals surface area contributed by atoms with Gasteiger partial charge in [0.15, 0.2) is 0 Å². The van der Waals surface area contributed by atoms with Gasteiger partial charge in [-0.1, -0.05) is 0 Å². The third kappa shape index (κ3) is 8.27. The molecule has 9 heavy (non-hydrogen) atoms. The van der Waals surface area contributed by atoms with E-state index in [4.69, 9.17) is 14.9 Å². The molecule has 58 valence electrons. The minimum atomic E-state index is -3.79. The third-order valence-electron chi connectivity index (χ3n) is 0.556. The second-order valence-corrected chi connectivity index (χ2v) is 6.41. The van der Waals surface area contributed by atoms with Crippen LogP contribution in [0.1, 0.15) is 0 Å². The van der Waals surface area contributed by atoms with Gasteiger partial charge in [0.05, 0.1) is 0 Å². The molecule has 0 aliphatic carbocycles. The van der Waals surface area contributed by atoms with Gasteiger partial charge < -0.3 is 0 Å². The average molecular weight is 156 g/mol. The number of hydrogen-bond donors (Lipinski definition) is 3. The Balaban J connectivity index is 3.60. The Kier molecular flexibility index (Phi) is 2.56. The molecule has 0 aromatic carbocycles. The average Bonchev–Trinajstić information content (AvgIpc) is 1.57. The number of aliphatic hydroxyl groups excluding tert-OH is 1. The minimum absolute atomic E-state index is 0.0299. The molecule has 5 heteroatoms. The Morgan fingerprint density at radius 2 is 1.78 bits per heavy atom. The summed E-state index contributed by atoms with van der Waals surface area (Å²) in [4.78, 5) is 17.9. The van der Waals surface area contributed by atoms with E-state index in [1.165, 1.54) is 13.3 Å². The van der Waals surface area contributed by atoms with E-state index >= 15 is 0 Å². The summed E-state index contributed by atoms with van der Waals surface area (Å²) in [5, 5.41) is 8.22. The zero-order chi connectivity index (χ0) is 7.57. The van der Waals surface area contributed by atoms with Crippen molar-refractivity contribution in [2.75, 3.05) is 26.5 Å². The van der Waals surface area contributed by atoms with Crippen molar-refractivity contribution in [3.8, 4) is 0 Å². The third-order valence-corrected chi connectivity index (χ3v) is 1.49. The molecule has 0 aromatic rings. The Bertz CT molecular complexity index is 85.2. The van der Waals surface area contributed by atoms with Crippen LogP contribution in [-0.2, 0) is 4.52 Å². The molecular weight excluding hydrogens is 143 g/mol. The van der Waals surface area contributed by atoms with Crippen LogP contribution in [0, 0.1) is 0 Å². The summed E-state index contributed by atoms with van der Waals surface area (Å²) >= 11 is 0. The summed E-state index contributed by atoms with van der Waals surface area (Å²) < 4.78 is 4.56. The zero-order valence-electron chi connectivity index (χ0n) is 5.61. The first kappa shape index (κ1) is 9.27. The van der Waals surface area contributed by atoms with Crippen molar-refractivity contribution in [1.29, 1.82) is 0 Å². The van der Waals surface area contributed by atoms with E-state index < -0.39 is 7.28 Å². The quantitative estimate of drug-likeness (QED) is 0.483. The first-order valence-electron chi connectivity index (χ1n) is 2.58. The van der Waals surface area contributed by atoms with Crippen LogP contribution < -0.4 is 0 Å². The SMILES string of the molecule is CP(C)(O)(O)OCCO. The van der Waals surface area contributed by atoms with Gasteiger partial charge in [0.2, 0.25) is 0 Å². The van der Waals surface area contributed by atoms with Crippen LogP contribution in [0.15, 0.2) is 0 Å². The molecule has 0 radical (unpaired) electrons. The van der Waals surface area contributed by atoms with Crippen LogP contribution in [-0.4, -0.2) is 41.4 Å². The molecule has 0 spiro atoms. The fraction of sp³-hybridized carbons (Fsp3) is 1.00. The molecule has 0 aliphatic heterocycles. The Labute approximate surface area is 54.3 Å². The Hall–Kier alpha value is 0.270. The monoisotopic (exact) mass is 156 g/mol. The summed E-state index contributed by atoms with van der Waals surface area (Å²) in [7, 11) is -3.79. The van der Waals surface area contributed by atoms with E-state index in [1.807, 2.05) is 0 Å². The van der Waals surface area contributed by atoms with Gasteiger partial charge in [-0.05, 0) is 0 Å². The van der Waals surface area contributed by atoms with E-state index in [1.54, 1.807) is 0 Å². The topological polar surface area (TPSA) is 69.9 Å². The Morgan fingerprint density at radius 3 is 1.89 bits per heavy atom. The van der Waals surface area contributed by atoms with Crippen molar-refractivity contribution in [2.24, 2.45) is 0 Å². The predicted octanol–water partition coefficient (Wildman–Crippen LogP) is -0.462. The second-order valence-electron chi connectivity index (χ2n) is 2.42. The maximum absolute atomic E-state index is 8.97. The van der Waals surface area contributed by atoms with Crippen molar-refractivity contribution in [3.63, 3.8) is 0 Å². The molecule has 0 atom stereocenters.